The van der Waals surface area contributed by atoms with Crippen LogP contribution in [0.5, 0.6) is 5.75 Å². The smallest absolute Gasteiger partial charge is 0.142 e. The molecule has 1 unspecified atom stereocenters. The van der Waals surface area contributed by atoms with Crippen LogP contribution in [-0.4, -0.2) is 13.7 Å². The summed E-state index contributed by atoms with van der Waals surface area (Å²) in [6, 6.07) is 3.69. The predicted molar refractivity (Wildman–Crippen MR) is 72.7 cm³/mol. The average Bonchev–Trinajstić information content (AvgIpc) is 2.25. The lowest BCUT2D eigenvalue weighted by Crippen LogP contribution is -2.22. The molecule has 0 fully saturated rings. The summed E-state index contributed by atoms with van der Waals surface area (Å²) in [5.41, 5.74) is 13.6. The van der Waals surface area contributed by atoms with E-state index >= 15 is 0 Å². The van der Waals surface area contributed by atoms with E-state index in [0.717, 1.165) is 11.1 Å². The van der Waals surface area contributed by atoms with Crippen LogP contribution < -0.4 is 16.2 Å². The van der Waals surface area contributed by atoms with Gasteiger partial charge in [-0.25, -0.2) is 0 Å². The number of nitrogens with two attached hydrogens (primary N) is 2. The van der Waals surface area contributed by atoms with Gasteiger partial charge in [-0.2, -0.15) is 0 Å². The molecule has 0 radical (unpaired) electrons. The Hall–Kier alpha value is -0.770. The minimum atomic E-state index is -0.259. The fraction of sp³-hybridized carbons (Fsp3) is 0.538. The molecule has 1 aromatic rings. The molecule has 3 nitrogen and oxygen atoms in total. The van der Waals surface area contributed by atoms with Crippen molar-refractivity contribution in [3.05, 3.63) is 28.3 Å². The van der Waals surface area contributed by atoms with Crippen molar-refractivity contribution >= 4 is 11.6 Å². The molecule has 4 heteroatoms. The van der Waals surface area contributed by atoms with E-state index in [1.165, 1.54) is 0 Å². The lowest BCUT2D eigenvalue weighted by atomic mass is 9.85. The Kier molecular flexibility index (Phi) is 4.42. The highest BCUT2D eigenvalue weighted by Crippen LogP contribution is 2.36. The molecule has 0 saturated carbocycles. The zero-order chi connectivity index (χ0) is 13.2. The van der Waals surface area contributed by atoms with Crippen molar-refractivity contribution in [2.45, 2.75) is 32.2 Å². The zero-order valence-corrected chi connectivity index (χ0v) is 11.6. The van der Waals surface area contributed by atoms with E-state index in [1.54, 1.807) is 7.11 Å². The molecule has 1 aromatic carbocycles. The number of hydrogen-bond acceptors (Lipinski definition) is 3. The normalized spacial score (nSPS) is 13.6. The minimum Gasteiger partial charge on any atom is -0.495 e. The van der Waals surface area contributed by atoms with E-state index in [-0.39, 0.29) is 11.5 Å². The monoisotopic (exact) mass is 256 g/mol. The first-order valence-electron chi connectivity index (χ1n) is 5.64. The first-order chi connectivity index (χ1) is 7.81. The maximum Gasteiger partial charge on any atom is 0.142 e. The fourth-order valence-corrected chi connectivity index (χ4v) is 1.97. The van der Waals surface area contributed by atoms with E-state index in [4.69, 9.17) is 27.8 Å². The summed E-state index contributed by atoms with van der Waals surface area (Å²) < 4.78 is 5.30. The molecule has 1 rings (SSSR count). The molecule has 0 spiro atoms. The van der Waals surface area contributed by atoms with Gasteiger partial charge in [0, 0.05) is 18.2 Å². The number of rotatable bonds is 3. The Balaban J connectivity index is 3.39. The SMILES string of the molecule is COc1c(Cl)cc(C(C)(C)C)cc1C(N)CN. The molecule has 0 saturated heterocycles. The van der Waals surface area contributed by atoms with Gasteiger partial charge < -0.3 is 16.2 Å². The molecule has 0 amide bonds. The summed E-state index contributed by atoms with van der Waals surface area (Å²) in [7, 11) is 1.59. The molecule has 0 aliphatic carbocycles. The van der Waals surface area contributed by atoms with Crippen molar-refractivity contribution in [1.82, 2.24) is 0 Å². The predicted octanol–water partition coefficient (Wildman–Crippen LogP) is 2.60. The van der Waals surface area contributed by atoms with Gasteiger partial charge in [0.05, 0.1) is 12.1 Å². The standard InChI is InChI=1S/C13H21ClN2O/c1-13(2,3)8-5-9(11(16)7-15)12(17-4)10(14)6-8/h5-6,11H,7,15-16H2,1-4H3. The molecule has 0 aliphatic heterocycles. The van der Waals surface area contributed by atoms with Gasteiger partial charge in [-0.15, -0.1) is 0 Å². The molecule has 1 atom stereocenters. The van der Waals surface area contributed by atoms with Crippen molar-refractivity contribution in [3.8, 4) is 5.75 Å². The van der Waals surface area contributed by atoms with E-state index in [0.29, 0.717) is 17.3 Å². The van der Waals surface area contributed by atoms with Crippen LogP contribution >= 0.6 is 11.6 Å². The highest BCUT2D eigenvalue weighted by Gasteiger charge is 2.21. The maximum absolute atomic E-state index is 6.22. The molecule has 96 valence electrons. The van der Waals surface area contributed by atoms with Gasteiger partial charge in [-0.1, -0.05) is 32.4 Å². The fourth-order valence-electron chi connectivity index (χ4n) is 1.67. The Morgan fingerprint density at radius 3 is 2.35 bits per heavy atom. The lowest BCUT2D eigenvalue weighted by molar-refractivity contribution is 0.405. The summed E-state index contributed by atoms with van der Waals surface area (Å²) in [6.07, 6.45) is 0. The molecule has 17 heavy (non-hydrogen) atoms. The summed E-state index contributed by atoms with van der Waals surface area (Å²) >= 11 is 6.22. The Labute approximate surface area is 108 Å². The lowest BCUT2D eigenvalue weighted by Gasteiger charge is -2.23. The van der Waals surface area contributed by atoms with Gasteiger partial charge in [0.25, 0.3) is 0 Å². The second-order valence-electron chi connectivity index (χ2n) is 5.17. The van der Waals surface area contributed by atoms with Crippen LogP contribution in [0.4, 0.5) is 0 Å². The van der Waals surface area contributed by atoms with Crippen molar-refractivity contribution in [2.75, 3.05) is 13.7 Å². The number of methoxy groups -OCH3 is 1. The first kappa shape index (κ1) is 14.3. The minimum absolute atomic E-state index is 0.0129. The van der Waals surface area contributed by atoms with Crippen molar-refractivity contribution in [1.29, 1.82) is 0 Å². The van der Waals surface area contributed by atoms with Gasteiger partial charge in [-0.05, 0) is 23.1 Å². The largest absolute Gasteiger partial charge is 0.495 e. The van der Waals surface area contributed by atoms with E-state index < -0.39 is 0 Å². The van der Waals surface area contributed by atoms with Crippen molar-refractivity contribution < 1.29 is 4.74 Å². The van der Waals surface area contributed by atoms with E-state index in [2.05, 4.69) is 20.8 Å². The summed E-state index contributed by atoms with van der Waals surface area (Å²) in [5.74, 6) is 0.623. The number of hydrogen-bond donors (Lipinski definition) is 2. The Morgan fingerprint density at radius 1 is 1.35 bits per heavy atom. The quantitative estimate of drug-likeness (QED) is 0.874. The topological polar surface area (TPSA) is 61.3 Å². The molecule has 0 bridgehead atoms. The van der Waals surface area contributed by atoms with Crippen LogP contribution in [0.3, 0.4) is 0 Å². The molecule has 0 heterocycles. The maximum atomic E-state index is 6.22. The zero-order valence-electron chi connectivity index (χ0n) is 10.9. The molecule has 0 aliphatic rings. The third-order valence-electron chi connectivity index (χ3n) is 2.80. The summed E-state index contributed by atoms with van der Waals surface area (Å²) in [5, 5.41) is 0.582. The van der Waals surface area contributed by atoms with Gasteiger partial charge >= 0.3 is 0 Å². The van der Waals surface area contributed by atoms with Gasteiger partial charge in [0.2, 0.25) is 0 Å². The Morgan fingerprint density at radius 2 is 1.94 bits per heavy atom. The van der Waals surface area contributed by atoms with Crippen LogP contribution in [-0.2, 0) is 5.41 Å². The van der Waals surface area contributed by atoms with Crippen LogP contribution in [0.1, 0.15) is 37.9 Å². The Bertz CT molecular complexity index is 399. The van der Waals surface area contributed by atoms with Crippen LogP contribution in [0.25, 0.3) is 0 Å². The average molecular weight is 257 g/mol. The van der Waals surface area contributed by atoms with Crippen molar-refractivity contribution in [3.63, 3.8) is 0 Å². The van der Waals surface area contributed by atoms with Crippen LogP contribution in [0.2, 0.25) is 5.02 Å². The summed E-state index contributed by atoms with van der Waals surface area (Å²) in [6.45, 7) is 6.74. The highest BCUT2D eigenvalue weighted by atomic mass is 35.5. The number of ether oxygens (including phenoxy) is 1. The third kappa shape index (κ3) is 3.12. The highest BCUT2D eigenvalue weighted by molar-refractivity contribution is 6.32. The molecule has 0 aromatic heterocycles. The van der Waals surface area contributed by atoms with Crippen LogP contribution in [0, 0.1) is 0 Å². The second kappa shape index (κ2) is 5.25. The number of benzene rings is 1. The molecule has 4 N–H and O–H groups in total. The molecular formula is C13H21ClN2O. The second-order valence-corrected chi connectivity index (χ2v) is 5.58. The van der Waals surface area contributed by atoms with E-state index in [9.17, 15) is 0 Å². The first-order valence-corrected chi connectivity index (χ1v) is 6.02. The number of halogens is 1. The molecular weight excluding hydrogens is 236 g/mol. The summed E-state index contributed by atoms with van der Waals surface area (Å²) in [4.78, 5) is 0. The van der Waals surface area contributed by atoms with E-state index in [1.807, 2.05) is 12.1 Å². The van der Waals surface area contributed by atoms with Crippen molar-refractivity contribution in [2.24, 2.45) is 11.5 Å². The van der Waals surface area contributed by atoms with Gasteiger partial charge in [0.15, 0.2) is 0 Å². The third-order valence-corrected chi connectivity index (χ3v) is 3.08. The van der Waals surface area contributed by atoms with Crippen LogP contribution in [0.15, 0.2) is 12.1 Å². The van der Waals surface area contributed by atoms with Gasteiger partial charge in [-0.3, -0.25) is 0 Å². The van der Waals surface area contributed by atoms with Gasteiger partial charge in [0.1, 0.15) is 5.75 Å².